The lowest BCUT2D eigenvalue weighted by Crippen LogP contribution is -2.45. The Hall–Kier alpha value is -1.11. The van der Waals surface area contributed by atoms with Crippen molar-refractivity contribution in [2.75, 3.05) is 18.1 Å². The molecule has 0 radical (unpaired) electrons. The lowest BCUT2D eigenvalue weighted by atomic mass is 10.1. The summed E-state index contributed by atoms with van der Waals surface area (Å²) in [7, 11) is -2.93. The Balaban J connectivity index is 2.09. The number of ketones is 1. The molecule has 0 amide bonds. The van der Waals surface area contributed by atoms with Gasteiger partial charge in [-0.1, -0.05) is 11.6 Å². The molecular formula is C11H12ClNO4S. The van der Waals surface area contributed by atoms with E-state index in [1.165, 1.54) is 6.07 Å². The number of ether oxygens (including phenoxy) is 1. The largest absolute Gasteiger partial charge is 0.487 e. The van der Waals surface area contributed by atoms with Gasteiger partial charge >= 0.3 is 0 Å². The van der Waals surface area contributed by atoms with Crippen LogP contribution in [0.2, 0.25) is 5.02 Å². The van der Waals surface area contributed by atoms with Crippen molar-refractivity contribution in [1.29, 1.82) is 0 Å². The molecule has 2 N–H and O–H groups in total. The number of Topliss-reactive ketones (excluding diaryl/α,β-unsaturated/α-hetero) is 1. The molecule has 1 saturated heterocycles. The van der Waals surface area contributed by atoms with E-state index >= 15 is 0 Å². The minimum atomic E-state index is -2.93. The van der Waals surface area contributed by atoms with E-state index in [9.17, 15) is 13.2 Å². The van der Waals surface area contributed by atoms with Gasteiger partial charge in [0.15, 0.2) is 15.6 Å². The molecule has 2 rings (SSSR count). The number of carbonyl (C=O) groups excluding carboxylic acids is 1. The number of rotatable bonds is 4. The van der Waals surface area contributed by atoms with Crippen molar-refractivity contribution in [3.05, 3.63) is 28.8 Å². The zero-order chi connectivity index (χ0) is 13.3. The summed E-state index contributed by atoms with van der Waals surface area (Å²) in [6.45, 7) is -0.0859. The molecule has 1 aromatic carbocycles. The zero-order valence-electron chi connectivity index (χ0n) is 9.43. The summed E-state index contributed by atoms with van der Waals surface area (Å²) in [6, 6.07) is 4.58. The molecule has 0 saturated carbocycles. The monoisotopic (exact) mass is 289 g/mol. The first kappa shape index (κ1) is 13.3. The maximum absolute atomic E-state index is 11.3. The Morgan fingerprint density at radius 2 is 2.11 bits per heavy atom. The summed E-state index contributed by atoms with van der Waals surface area (Å²) in [5, 5.41) is 0.276. The molecule has 1 fully saturated rings. The molecule has 1 heterocycles. The number of benzene rings is 1. The standard InChI is InChI=1S/C11H12ClNO4S/c12-9-3-7(10(14)4-13)1-2-11(9)17-8-5-18(15,16)6-8/h1-3,8H,4-6,13H2. The third kappa shape index (κ3) is 2.82. The summed E-state index contributed by atoms with van der Waals surface area (Å²) < 4.78 is 27.4. The van der Waals surface area contributed by atoms with Gasteiger partial charge in [0.1, 0.15) is 11.9 Å². The fourth-order valence-corrected chi connectivity index (χ4v) is 3.05. The second kappa shape index (κ2) is 4.87. The highest BCUT2D eigenvalue weighted by Gasteiger charge is 2.35. The smallest absolute Gasteiger partial charge is 0.176 e. The van der Waals surface area contributed by atoms with Gasteiger partial charge in [-0.3, -0.25) is 4.79 Å². The predicted octanol–water partition coefficient (Wildman–Crippen LogP) is 0.657. The van der Waals surface area contributed by atoms with Gasteiger partial charge in [-0.05, 0) is 18.2 Å². The minimum absolute atomic E-state index is 0.00676. The Morgan fingerprint density at radius 3 is 2.61 bits per heavy atom. The molecular weight excluding hydrogens is 278 g/mol. The molecule has 5 nitrogen and oxygen atoms in total. The average Bonchev–Trinajstić information content (AvgIpc) is 2.28. The van der Waals surface area contributed by atoms with Crippen molar-refractivity contribution >= 4 is 27.2 Å². The van der Waals surface area contributed by atoms with Crippen molar-refractivity contribution in [3.63, 3.8) is 0 Å². The van der Waals surface area contributed by atoms with E-state index in [4.69, 9.17) is 22.1 Å². The van der Waals surface area contributed by atoms with Crippen molar-refractivity contribution in [1.82, 2.24) is 0 Å². The van der Waals surface area contributed by atoms with Crippen molar-refractivity contribution < 1.29 is 17.9 Å². The van der Waals surface area contributed by atoms with E-state index in [0.29, 0.717) is 11.3 Å². The highest BCUT2D eigenvalue weighted by Crippen LogP contribution is 2.28. The van der Waals surface area contributed by atoms with Crippen LogP contribution < -0.4 is 10.5 Å². The number of sulfone groups is 1. The van der Waals surface area contributed by atoms with Gasteiger partial charge in [0.25, 0.3) is 0 Å². The van der Waals surface area contributed by atoms with Gasteiger partial charge in [0.05, 0.1) is 23.1 Å². The SMILES string of the molecule is NCC(=O)c1ccc(OC2CS(=O)(=O)C2)c(Cl)c1. The van der Waals surface area contributed by atoms with E-state index in [1.807, 2.05) is 0 Å². The van der Waals surface area contributed by atoms with Crippen LogP contribution in [0.4, 0.5) is 0 Å². The number of hydrogen-bond acceptors (Lipinski definition) is 5. The lowest BCUT2D eigenvalue weighted by molar-refractivity contribution is 0.100. The van der Waals surface area contributed by atoms with E-state index in [0.717, 1.165) is 0 Å². The Kier molecular flexibility index (Phi) is 3.61. The molecule has 0 spiro atoms. The summed E-state index contributed by atoms with van der Waals surface area (Å²) >= 11 is 5.96. The maximum Gasteiger partial charge on any atom is 0.176 e. The molecule has 0 bridgehead atoms. The van der Waals surface area contributed by atoms with Crippen LogP contribution in [0.15, 0.2) is 18.2 Å². The van der Waals surface area contributed by atoms with Crippen LogP contribution in [0.3, 0.4) is 0 Å². The molecule has 0 atom stereocenters. The Bertz CT molecular complexity index is 573. The fourth-order valence-electron chi connectivity index (χ4n) is 1.65. The predicted molar refractivity (Wildman–Crippen MR) is 67.9 cm³/mol. The van der Waals surface area contributed by atoms with Gasteiger partial charge in [-0.2, -0.15) is 0 Å². The Morgan fingerprint density at radius 1 is 1.44 bits per heavy atom. The normalized spacial score (nSPS) is 18.1. The maximum atomic E-state index is 11.3. The van der Waals surface area contributed by atoms with Crippen LogP contribution in [0, 0.1) is 0 Å². The van der Waals surface area contributed by atoms with Crippen LogP contribution >= 0.6 is 11.6 Å². The van der Waals surface area contributed by atoms with Crippen LogP contribution in [0.1, 0.15) is 10.4 Å². The summed E-state index contributed by atoms with van der Waals surface area (Å²) in [6.07, 6.45) is -0.358. The molecule has 0 aromatic heterocycles. The first-order valence-electron chi connectivity index (χ1n) is 5.31. The molecule has 1 aromatic rings. The third-order valence-electron chi connectivity index (χ3n) is 2.61. The molecule has 0 aliphatic carbocycles. The van der Waals surface area contributed by atoms with Crippen LogP contribution in [0.5, 0.6) is 5.75 Å². The van der Waals surface area contributed by atoms with E-state index in [2.05, 4.69) is 0 Å². The van der Waals surface area contributed by atoms with Crippen LogP contribution in [-0.4, -0.2) is 38.4 Å². The second-order valence-corrected chi connectivity index (χ2v) is 6.65. The zero-order valence-corrected chi connectivity index (χ0v) is 11.0. The van der Waals surface area contributed by atoms with E-state index < -0.39 is 9.84 Å². The van der Waals surface area contributed by atoms with Crippen LogP contribution in [-0.2, 0) is 9.84 Å². The molecule has 98 valence electrons. The van der Waals surface area contributed by atoms with Crippen molar-refractivity contribution in [2.45, 2.75) is 6.10 Å². The highest BCUT2D eigenvalue weighted by molar-refractivity contribution is 7.92. The lowest BCUT2D eigenvalue weighted by Gasteiger charge is -2.26. The molecule has 0 unspecified atom stereocenters. The van der Waals surface area contributed by atoms with Gasteiger partial charge in [0, 0.05) is 5.56 Å². The van der Waals surface area contributed by atoms with Gasteiger partial charge in [-0.25, -0.2) is 8.42 Å². The number of nitrogens with two attached hydrogens (primary N) is 1. The number of hydrogen-bond donors (Lipinski definition) is 1. The summed E-state index contributed by atoms with van der Waals surface area (Å²) in [5.74, 6) is 0.180. The van der Waals surface area contributed by atoms with E-state index in [1.54, 1.807) is 12.1 Å². The number of halogens is 1. The van der Waals surface area contributed by atoms with Gasteiger partial charge in [-0.15, -0.1) is 0 Å². The van der Waals surface area contributed by atoms with Gasteiger partial charge in [0.2, 0.25) is 0 Å². The first-order valence-corrected chi connectivity index (χ1v) is 7.51. The Labute approximate surface area is 110 Å². The third-order valence-corrected chi connectivity index (χ3v) is 4.67. The molecule has 7 heteroatoms. The highest BCUT2D eigenvalue weighted by atomic mass is 35.5. The summed E-state index contributed by atoms with van der Waals surface area (Å²) in [4.78, 5) is 11.3. The topological polar surface area (TPSA) is 86.5 Å². The van der Waals surface area contributed by atoms with Crippen molar-refractivity contribution in [2.24, 2.45) is 5.73 Å². The van der Waals surface area contributed by atoms with Crippen LogP contribution in [0.25, 0.3) is 0 Å². The quantitative estimate of drug-likeness (QED) is 0.823. The van der Waals surface area contributed by atoms with Crippen molar-refractivity contribution in [3.8, 4) is 5.75 Å². The summed E-state index contributed by atoms with van der Waals surface area (Å²) in [5.41, 5.74) is 5.66. The fraction of sp³-hybridized carbons (Fsp3) is 0.364. The van der Waals surface area contributed by atoms with Gasteiger partial charge < -0.3 is 10.5 Å². The number of carbonyl (C=O) groups is 1. The average molecular weight is 290 g/mol. The second-order valence-electron chi connectivity index (χ2n) is 4.09. The van der Waals surface area contributed by atoms with E-state index in [-0.39, 0.29) is 35.0 Å². The molecule has 1 aliphatic heterocycles. The molecule has 18 heavy (non-hydrogen) atoms. The first-order chi connectivity index (χ1) is 8.41. The molecule has 1 aliphatic rings. The minimum Gasteiger partial charge on any atom is -0.487 e.